The van der Waals surface area contributed by atoms with Gasteiger partial charge in [-0.25, -0.2) is 0 Å². The Labute approximate surface area is 380 Å². The summed E-state index contributed by atoms with van der Waals surface area (Å²) in [5.41, 5.74) is 20.3. The first-order valence-electron chi connectivity index (χ1n) is 21.3. The molecule has 0 saturated carbocycles. The molecule has 0 saturated heterocycles. The average Bonchev–Trinajstić information content (AvgIpc) is 3.75. The summed E-state index contributed by atoms with van der Waals surface area (Å²) in [5.74, 6) is 0. The smallest absolute Gasteiger partial charge is 0.0595 e. The van der Waals surface area contributed by atoms with Crippen molar-refractivity contribution in [2.45, 2.75) is 57.8 Å². The summed E-state index contributed by atoms with van der Waals surface area (Å²) in [6.07, 6.45) is 1.79. The summed E-state index contributed by atoms with van der Waals surface area (Å²) in [6.45, 7) is 13.9. The average molecular weight is 977 g/mol. The van der Waals surface area contributed by atoms with Crippen LogP contribution in [0.5, 0.6) is 0 Å². The van der Waals surface area contributed by atoms with Gasteiger partial charge in [-0.05, 0) is 95.9 Å². The maximum absolute atomic E-state index is 5.10. The fourth-order valence-corrected chi connectivity index (χ4v) is 9.35. The Kier molecular flexibility index (Phi) is 10.5. The van der Waals surface area contributed by atoms with E-state index in [4.69, 9.17) is 4.98 Å². The molecule has 2 aliphatic carbocycles. The summed E-state index contributed by atoms with van der Waals surface area (Å²) in [5, 5.41) is 1.15. The van der Waals surface area contributed by atoms with E-state index >= 15 is 0 Å². The third-order valence-corrected chi connectivity index (χ3v) is 12.5. The fraction of sp³-hybridized carbons (Fsp3) is 0.153. The van der Waals surface area contributed by atoms with Crippen molar-refractivity contribution in [3.05, 3.63) is 228 Å². The molecule has 2 heterocycles. The van der Waals surface area contributed by atoms with Crippen LogP contribution in [0.25, 0.3) is 66.8 Å². The zero-order valence-corrected chi connectivity index (χ0v) is 38.4. The molecule has 7 aromatic carbocycles. The fourth-order valence-electron chi connectivity index (χ4n) is 9.35. The predicted molar refractivity (Wildman–Crippen MR) is 254 cm³/mol. The summed E-state index contributed by atoms with van der Waals surface area (Å²) in [6, 6.07) is 70.2. The van der Waals surface area contributed by atoms with Crippen LogP contribution >= 0.6 is 0 Å². The van der Waals surface area contributed by atoms with Gasteiger partial charge < -0.3 is 4.98 Å². The molecular formula is C59H48IrN2-2. The van der Waals surface area contributed by atoms with Crippen LogP contribution in [0, 0.1) is 12.1 Å². The SMILES string of the molecule is CC(C)(C)c1cc(-c2ccc3c(c2)C2(c4ccccc4-c4ccccc42)c2cc(-c4ccc5ccccc5n4)[c-]cc2-3)cc(C(C)(C)C)c1.[Ir].[c-]1ccccc1-c1ccccn1. The van der Waals surface area contributed by atoms with E-state index < -0.39 is 5.41 Å². The van der Waals surface area contributed by atoms with Gasteiger partial charge in [-0.1, -0.05) is 174 Å². The Morgan fingerprint density at radius 2 is 1.08 bits per heavy atom. The molecule has 62 heavy (non-hydrogen) atoms. The molecule has 1 spiro atoms. The van der Waals surface area contributed by atoms with Crippen molar-refractivity contribution in [2.75, 3.05) is 0 Å². The number of rotatable bonds is 3. The van der Waals surface area contributed by atoms with Gasteiger partial charge in [0.05, 0.1) is 10.9 Å². The van der Waals surface area contributed by atoms with E-state index in [0.29, 0.717) is 0 Å². The van der Waals surface area contributed by atoms with E-state index in [-0.39, 0.29) is 30.9 Å². The van der Waals surface area contributed by atoms with Gasteiger partial charge in [0.1, 0.15) is 0 Å². The van der Waals surface area contributed by atoms with E-state index in [1.54, 1.807) is 6.20 Å². The first kappa shape index (κ1) is 41.1. The summed E-state index contributed by atoms with van der Waals surface area (Å²) in [4.78, 5) is 9.32. The monoisotopic (exact) mass is 977 g/mol. The quantitative estimate of drug-likeness (QED) is 0.165. The molecule has 0 aliphatic heterocycles. The maximum atomic E-state index is 5.10. The minimum absolute atomic E-state index is 0. The number of aromatic nitrogens is 2. The third kappa shape index (κ3) is 7.04. The first-order chi connectivity index (χ1) is 29.5. The Balaban J connectivity index is 0.000000325. The number of fused-ring (bicyclic) bond motifs is 11. The Morgan fingerprint density at radius 1 is 0.452 bits per heavy atom. The van der Waals surface area contributed by atoms with E-state index in [0.717, 1.165) is 33.4 Å². The number of nitrogens with zero attached hydrogens (tertiary/aromatic N) is 2. The second-order valence-corrected chi connectivity index (χ2v) is 18.5. The van der Waals surface area contributed by atoms with Gasteiger partial charge in [-0.15, -0.1) is 65.2 Å². The second-order valence-electron chi connectivity index (χ2n) is 18.5. The topological polar surface area (TPSA) is 25.8 Å². The molecule has 305 valence electrons. The van der Waals surface area contributed by atoms with Gasteiger partial charge in [0, 0.05) is 26.3 Å². The first-order valence-corrected chi connectivity index (χ1v) is 21.3. The zero-order chi connectivity index (χ0) is 41.9. The summed E-state index contributed by atoms with van der Waals surface area (Å²) < 4.78 is 0. The molecule has 0 atom stereocenters. The van der Waals surface area contributed by atoms with E-state index in [2.05, 4.69) is 192 Å². The van der Waals surface area contributed by atoms with Crippen LogP contribution in [0.2, 0.25) is 0 Å². The van der Waals surface area contributed by atoms with Gasteiger partial charge in [-0.3, -0.25) is 4.98 Å². The molecule has 0 amide bonds. The van der Waals surface area contributed by atoms with Crippen LogP contribution in [0.15, 0.2) is 182 Å². The van der Waals surface area contributed by atoms with Crippen LogP contribution in [0.3, 0.4) is 0 Å². The Bertz CT molecular complexity index is 2980. The van der Waals surface area contributed by atoms with Gasteiger partial charge >= 0.3 is 0 Å². The van der Waals surface area contributed by atoms with Gasteiger partial charge in [0.15, 0.2) is 0 Å². The zero-order valence-electron chi connectivity index (χ0n) is 36.0. The number of hydrogen-bond donors (Lipinski definition) is 0. The molecule has 2 aliphatic rings. The van der Waals surface area contributed by atoms with Crippen LogP contribution < -0.4 is 0 Å². The van der Waals surface area contributed by atoms with Gasteiger partial charge in [-0.2, -0.15) is 0 Å². The molecule has 0 bridgehead atoms. The number of para-hydroxylation sites is 1. The van der Waals surface area contributed by atoms with Crippen LogP contribution in [0.4, 0.5) is 0 Å². The van der Waals surface area contributed by atoms with Crippen molar-refractivity contribution in [1.29, 1.82) is 0 Å². The molecule has 11 rings (SSSR count). The molecular weight excluding hydrogens is 929 g/mol. The molecule has 0 N–H and O–H groups in total. The van der Waals surface area contributed by atoms with Crippen LogP contribution in [-0.4, -0.2) is 9.97 Å². The van der Waals surface area contributed by atoms with Crippen molar-refractivity contribution in [3.63, 3.8) is 0 Å². The van der Waals surface area contributed by atoms with Gasteiger partial charge in [0.25, 0.3) is 0 Å². The minimum atomic E-state index is -0.455. The van der Waals surface area contributed by atoms with E-state index in [9.17, 15) is 0 Å². The van der Waals surface area contributed by atoms with Gasteiger partial charge in [0.2, 0.25) is 0 Å². The number of hydrogen-bond acceptors (Lipinski definition) is 2. The molecule has 3 heteroatoms. The van der Waals surface area contributed by atoms with E-state index in [1.165, 1.54) is 66.8 Å². The maximum Gasteiger partial charge on any atom is 0.0595 e. The molecule has 1 radical (unpaired) electrons. The Hall–Kier alpha value is -6.25. The molecule has 0 unspecified atom stereocenters. The van der Waals surface area contributed by atoms with Crippen molar-refractivity contribution in [3.8, 4) is 55.9 Å². The standard InChI is InChI=1S/C48H40N.C11H8N.Ir/c1-46(2,3)34-25-33(26-35(29-34)47(4,5)6)31-19-22-38-39-23-20-32(45-24-21-30-13-7-12-18-44(30)49-45)28-43(39)48(42(38)27-31)40-16-10-8-14-36(40)37-15-9-11-17-41(37)48;1-2-6-10(7-3-1)11-8-4-5-9-12-11;/h7-19,21-29H,1-6H3;1-6,8-9H;/q2*-1;. The van der Waals surface area contributed by atoms with Crippen molar-refractivity contribution < 1.29 is 20.1 Å². The number of pyridine rings is 2. The summed E-state index contributed by atoms with van der Waals surface area (Å²) in [7, 11) is 0. The van der Waals surface area contributed by atoms with Crippen molar-refractivity contribution in [1.82, 2.24) is 9.97 Å². The van der Waals surface area contributed by atoms with Crippen molar-refractivity contribution in [2.24, 2.45) is 0 Å². The van der Waals surface area contributed by atoms with Crippen LogP contribution in [-0.2, 0) is 36.4 Å². The minimum Gasteiger partial charge on any atom is -0.305 e. The predicted octanol–water partition coefficient (Wildman–Crippen LogP) is 14.9. The Morgan fingerprint density at radius 3 is 1.74 bits per heavy atom. The largest absolute Gasteiger partial charge is 0.305 e. The third-order valence-electron chi connectivity index (χ3n) is 12.5. The normalized spacial score (nSPS) is 13.0. The summed E-state index contributed by atoms with van der Waals surface area (Å²) >= 11 is 0. The van der Waals surface area contributed by atoms with Crippen LogP contribution in [0.1, 0.15) is 74.9 Å². The van der Waals surface area contributed by atoms with E-state index in [1.807, 2.05) is 42.5 Å². The second kappa shape index (κ2) is 15.9. The molecule has 0 fully saturated rings. The molecule has 2 aromatic heterocycles. The number of benzene rings is 7. The molecule has 9 aromatic rings. The molecule has 2 nitrogen and oxygen atoms in total. The van der Waals surface area contributed by atoms with Crippen molar-refractivity contribution >= 4 is 10.9 Å².